The Hall–Kier alpha value is -1.97. The fraction of sp³-hybridized carbons (Fsp3) is 0.357. The maximum Gasteiger partial charge on any atom is 0.214 e. The maximum atomic E-state index is 5.44. The van der Waals surface area contributed by atoms with E-state index in [-0.39, 0.29) is 0 Å². The number of aryl methyl sites for hydroxylation is 1. The first-order chi connectivity index (χ1) is 8.69. The third-order valence-corrected chi connectivity index (χ3v) is 2.79. The van der Waals surface area contributed by atoms with E-state index >= 15 is 0 Å². The fourth-order valence-electron chi connectivity index (χ4n) is 1.94. The highest BCUT2D eigenvalue weighted by molar-refractivity contribution is 5.88. The molecule has 0 aliphatic rings. The first-order valence-corrected chi connectivity index (χ1v) is 5.85. The van der Waals surface area contributed by atoms with Crippen molar-refractivity contribution in [3.8, 4) is 17.4 Å². The first kappa shape index (κ1) is 12.5. The maximum absolute atomic E-state index is 5.44. The number of benzene rings is 1. The van der Waals surface area contributed by atoms with Crippen LogP contribution in [-0.4, -0.2) is 25.8 Å². The summed E-state index contributed by atoms with van der Waals surface area (Å²) >= 11 is 0. The van der Waals surface area contributed by atoms with Crippen molar-refractivity contribution in [2.45, 2.75) is 13.8 Å². The van der Waals surface area contributed by atoms with E-state index in [1.807, 2.05) is 32.0 Å². The summed E-state index contributed by atoms with van der Waals surface area (Å²) in [4.78, 5) is 4.40. The van der Waals surface area contributed by atoms with Gasteiger partial charge in [0, 0.05) is 17.1 Å². The van der Waals surface area contributed by atoms with Crippen molar-refractivity contribution >= 4 is 10.8 Å². The van der Waals surface area contributed by atoms with Crippen LogP contribution in [0.5, 0.6) is 17.4 Å². The van der Waals surface area contributed by atoms with Gasteiger partial charge in [-0.2, -0.15) is 0 Å². The van der Waals surface area contributed by atoms with Gasteiger partial charge in [0.2, 0.25) is 5.88 Å². The third-order valence-electron chi connectivity index (χ3n) is 2.79. The Balaban J connectivity index is 2.64. The van der Waals surface area contributed by atoms with E-state index in [1.165, 1.54) is 0 Å². The van der Waals surface area contributed by atoms with Gasteiger partial charge in [0.1, 0.15) is 0 Å². The predicted octanol–water partition coefficient (Wildman–Crippen LogP) is 2.96. The lowest BCUT2D eigenvalue weighted by Gasteiger charge is -2.11. The van der Waals surface area contributed by atoms with Gasteiger partial charge in [-0.3, -0.25) is 0 Å². The Morgan fingerprint density at radius 1 is 1.06 bits per heavy atom. The monoisotopic (exact) mass is 247 g/mol. The van der Waals surface area contributed by atoms with Crippen LogP contribution < -0.4 is 14.2 Å². The van der Waals surface area contributed by atoms with Gasteiger partial charge in [0.05, 0.1) is 20.8 Å². The number of pyridine rings is 1. The molecular formula is C14H17NO3. The Bertz CT molecular complexity index is 566. The van der Waals surface area contributed by atoms with Gasteiger partial charge in [-0.15, -0.1) is 0 Å². The predicted molar refractivity (Wildman–Crippen MR) is 70.8 cm³/mol. The van der Waals surface area contributed by atoms with Gasteiger partial charge < -0.3 is 14.2 Å². The molecule has 1 heterocycles. The fourth-order valence-corrected chi connectivity index (χ4v) is 1.94. The van der Waals surface area contributed by atoms with Gasteiger partial charge >= 0.3 is 0 Å². The summed E-state index contributed by atoms with van der Waals surface area (Å²) in [7, 11) is 3.25. The summed E-state index contributed by atoms with van der Waals surface area (Å²) in [6, 6.07) is 5.78. The van der Waals surface area contributed by atoms with Crippen molar-refractivity contribution in [3.63, 3.8) is 0 Å². The zero-order valence-electron chi connectivity index (χ0n) is 11.1. The lowest BCUT2D eigenvalue weighted by Crippen LogP contribution is -1.97. The molecule has 0 aliphatic carbocycles. The normalized spacial score (nSPS) is 10.4. The largest absolute Gasteiger partial charge is 0.493 e. The average molecular weight is 247 g/mol. The smallest absolute Gasteiger partial charge is 0.214 e. The van der Waals surface area contributed by atoms with Crippen LogP contribution in [0.15, 0.2) is 18.2 Å². The summed E-state index contributed by atoms with van der Waals surface area (Å²) in [5, 5.41) is 2.07. The van der Waals surface area contributed by atoms with Gasteiger partial charge in [0.25, 0.3) is 0 Å². The number of methoxy groups -OCH3 is 2. The zero-order valence-corrected chi connectivity index (χ0v) is 11.1. The van der Waals surface area contributed by atoms with E-state index in [1.54, 1.807) is 14.2 Å². The molecule has 0 atom stereocenters. The highest BCUT2D eigenvalue weighted by Crippen LogP contribution is 2.34. The van der Waals surface area contributed by atoms with Gasteiger partial charge in [-0.1, -0.05) is 0 Å². The van der Waals surface area contributed by atoms with Crippen LogP contribution in [0, 0.1) is 6.92 Å². The van der Waals surface area contributed by atoms with Crippen LogP contribution in [0.2, 0.25) is 0 Å². The molecule has 2 rings (SSSR count). The number of nitrogens with zero attached hydrogens (tertiary/aromatic N) is 1. The Labute approximate surface area is 106 Å². The molecule has 4 nitrogen and oxygen atoms in total. The molecular weight excluding hydrogens is 230 g/mol. The Morgan fingerprint density at radius 2 is 1.72 bits per heavy atom. The Morgan fingerprint density at radius 3 is 2.33 bits per heavy atom. The van der Waals surface area contributed by atoms with Gasteiger partial charge in [-0.05, 0) is 31.4 Å². The van der Waals surface area contributed by atoms with Crippen molar-refractivity contribution in [2.75, 3.05) is 20.8 Å². The number of hydrogen-bond donors (Lipinski definition) is 0. The summed E-state index contributed by atoms with van der Waals surface area (Å²) < 4.78 is 16.0. The molecule has 1 aromatic carbocycles. The van der Waals surface area contributed by atoms with E-state index < -0.39 is 0 Å². The number of ether oxygens (including phenoxy) is 3. The second-order valence-corrected chi connectivity index (χ2v) is 3.91. The molecule has 0 bridgehead atoms. The highest BCUT2D eigenvalue weighted by Gasteiger charge is 2.10. The summed E-state index contributed by atoms with van der Waals surface area (Å²) in [6.45, 7) is 4.50. The van der Waals surface area contributed by atoms with Crippen molar-refractivity contribution in [1.29, 1.82) is 0 Å². The highest BCUT2D eigenvalue weighted by atomic mass is 16.5. The van der Waals surface area contributed by atoms with Crippen molar-refractivity contribution < 1.29 is 14.2 Å². The standard InChI is InChI=1S/C14H17NO3/c1-5-18-14-7-10-6-12(16-3)13(17-4)8-11(10)9(2)15-14/h6-8H,5H2,1-4H3. The second-order valence-electron chi connectivity index (χ2n) is 3.91. The number of rotatable bonds is 4. The third kappa shape index (κ3) is 2.18. The molecule has 0 amide bonds. The molecule has 0 spiro atoms. The van der Waals surface area contributed by atoms with Gasteiger partial charge in [-0.25, -0.2) is 4.98 Å². The molecule has 4 heteroatoms. The number of aromatic nitrogens is 1. The second kappa shape index (κ2) is 5.12. The van der Waals surface area contributed by atoms with E-state index in [4.69, 9.17) is 14.2 Å². The van der Waals surface area contributed by atoms with Crippen LogP contribution in [0.1, 0.15) is 12.6 Å². The lowest BCUT2D eigenvalue weighted by atomic mass is 10.1. The van der Waals surface area contributed by atoms with E-state index in [0.717, 1.165) is 16.5 Å². The average Bonchev–Trinajstić information content (AvgIpc) is 2.37. The molecule has 0 unspecified atom stereocenters. The van der Waals surface area contributed by atoms with Crippen LogP contribution in [0.25, 0.3) is 10.8 Å². The van der Waals surface area contributed by atoms with E-state index in [0.29, 0.717) is 24.0 Å². The first-order valence-electron chi connectivity index (χ1n) is 5.85. The van der Waals surface area contributed by atoms with Gasteiger partial charge in [0.15, 0.2) is 11.5 Å². The van der Waals surface area contributed by atoms with Crippen LogP contribution in [0.3, 0.4) is 0 Å². The van der Waals surface area contributed by atoms with Crippen LogP contribution in [-0.2, 0) is 0 Å². The lowest BCUT2D eigenvalue weighted by molar-refractivity contribution is 0.327. The minimum absolute atomic E-state index is 0.602. The molecule has 0 fully saturated rings. The van der Waals surface area contributed by atoms with Crippen molar-refractivity contribution in [1.82, 2.24) is 4.98 Å². The summed E-state index contributed by atoms with van der Waals surface area (Å²) in [6.07, 6.45) is 0. The molecule has 2 aromatic rings. The number of hydrogen-bond acceptors (Lipinski definition) is 4. The molecule has 1 aromatic heterocycles. The molecule has 0 saturated carbocycles. The topological polar surface area (TPSA) is 40.6 Å². The molecule has 0 saturated heterocycles. The van der Waals surface area contributed by atoms with E-state index in [2.05, 4.69) is 4.98 Å². The van der Waals surface area contributed by atoms with Crippen molar-refractivity contribution in [2.24, 2.45) is 0 Å². The van der Waals surface area contributed by atoms with E-state index in [9.17, 15) is 0 Å². The quantitative estimate of drug-likeness (QED) is 0.832. The molecule has 0 aliphatic heterocycles. The molecule has 96 valence electrons. The Kier molecular flexibility index (Phi) is 3.55. The SMILES string of the molecule is CCOc1cc2cc(OC)c(OC)cc2c(C)n1. The molecule has 0 N–H and O–H groups in total. The van der Waals surface area contributed by atoms with Crippen LogP contribution >= 0.6 is 0 Å². The summed E-state index contributed by atoms with van der Waals surface area (Å²) in [5.41, 5.74) is 0.914. The number of fused-ring (bicyclic) bond motifs is 1. The minimum atomic E-state index is 0.602. The molecule has 0 radical (unpaired) electrons. The zero-order chi connectivity index (χ0) is 13.1. The molecule has 18 heavy (non-hydrogen) atoms. The van der Waals surface area contributed by atoms with Crippen molar-refractivity contribution in [3.05, 3.63) is 23.9 Å². The summed E-state index contributed by atoms with van der Waals surface area (Å²) in [5.74, 6) is 2.05. The minimum Gasteiger partial charge on any atom is -0.493 e. The van der Waals surface area contributed by atoms with Crippen LogP contribution in [0.4, 0.5) is 0 Å².